The molecule has 8 nitrogen and oxygen atoms in total. The first kappa shape index (κ1) is 17.6. The van der Waals surface area contributed by atoms with Gasteiger partial charge in [0, 0.05) is 0 Å². The lowest BCUT2D eigenvalue weighted by Gasteiger charge is -2.23. The Hall–Kier alpha value is -2.43. The summed E-state index contributed by atoms with van der Waals surface area (Å²) in [4.78, 5) is 33.9. The van der Waals surface area contributed by atoms with E-state index in [4.69, 9.17) is 16.3 Å². The predicted molar refractivity (Wildman–Crippen MR) is 70.5 cm³/mol. The fourth-order valence-corrected chi connectivity index (χ4v) is 1.03. The third-order valence-electron chi connectivity index (χ3n) is 1.85. The van der Waals surface area contributed by atoms with E-state index in [0.717, 1.165) is 0 Å². The summed E-state index contributed by atoms with van der Waals surface area (Å²) >= 11 is 0. The van der Waals surface area contributed by atoms with Crippen LogP contribution in [0.5, 0.6) is 0 Å². The molecule has 0 spiro atoms. The topological polar surface area (TPSA) is 108 Å². The average molecular weight is 285 g/mol. The van der Waals surface area contributed by atoms with Gasteiger partial charge in [-0.25, -0.2) is 14.6 Å². The van der Waals surface area contributed by atoms with E-state index in [1.54, 1.807) is 20.8 Å². The zero-order valence-electron chi connectivity index (χ0n) is 11.9. The second-order valence-electron chi connectivity index (χ2n) is 4.92. The summed E-state index contributed by atoms with van der Waals surface area (Å²) in [5, 5.41) is 11.6. The first-order chi connectivity index (χ1) is 9.06. The summed E-state index contributed by atoms with van der Waals surface area (Å²) in [5.74, 6) is 1.36. The van der Waals surface area contributed by atoms with Crippen LogP contribution in [0.1, 0.15) is 27.7 Å². The molecule has 0 aromatic heterocycles. The van der Waals surface area contributed by atoms with Gasteiger partial charge in [0.2, 0.25) is 0 Å². The molecule has 0 saturated carbocycles. The van der Waals surface area contributed by atoms with Crippen molar-refractivity contribution in [1.29, 1.82) is 0 Å². The van der Waals surface area contributed by atoms with Crippen molar-refractivity contribution in [3.63, 3.8) is 0 Å². The van der Waals surface area contributed by atoms with Crippen LogP contribution in [0.2, 0.25) is 0 Å². The SMILES string of the molecule is C#CCN(NC(=O)[C@H](C)NC(=O)OC(C)(C)C)C(=O)O. The monoisotopic (exact) mass is 285 g/mol. The van der Waals surface area contributed by atoms with Crippen molar-refractivity contribution in [3.8, 4) is 12.3 Å². The third kappa shape index (κ3) is 7.10. The number of carbonyl (C=O) groups excluding carboxylic acids is 2. The van der Waals surface area contributed by atoms with Gasteiger partial charge in [0.05, 0.1) is 0 Å². The molecule has 0 saturated heterocycles. The van der Waals surface area contributed by atoms with Crippen LogP contribution in [-0.4, -0.2) is 46.4 Å². The van der Waals surface area contributed by atoms with E-state index in [-0.39, 0.29) is 6.54 Å². The number of ether oxygens (including phenoxy) is 1. The summed E-state index contributed by atoms with van der Waals surface area (Å²) in [6.07, 6.45) is 2.79. The number of carbonyl (C=O) groups is 3. The molecule has 0 unspecified atom stereocenters. The molecule has 0 bridgehead atoms. The highest BCUT2D eigenvalue weighted by Gasteiger charge is 2.23. The van der Waals surface area contributed by atoms with E-state index in [9.17, 15) is 14.4 Å². The Bertz CT molecular complexity index is 422. The highest BCUT2D eigenvalue weighted by atomic mass is 16.6. The summed E-state index contributed by atoms with van der Waals surface area (Å²) in [6, 6.07) is -0.982. The molecule has 20 heavy (non-hydrogen) atoms. The Kier molecular flexibility index (Phi) is 6.35. The number of rotatable bonds is 3. The zero-order chi connectivity index (χ0) is 15.9. The van der Waals surface area contributed by atoms with Crippen LogP contribution in [0.4, 0.5) is 9.59 Å². The van der Waals surface area contributed by atoms with Crippen molar-refractivity contribution in [3.05, 3.63) is 0 Å². The van der Waals surface area contributed by atoms with E-state index in [2.05, 4.69) is 16.7 Å². The van der Waals surface area contributed by atoms with Gasteiger partial charge >= 0.3 is 12.2 Å². The minimum atomic E-state index is -1.40. The quantitative estimate of drug-likeness (QED) is 0.518. The molecule has 0 aromatic carbocycles. The van der Waals surface area contributed by atoms with Gasteiger partial charge in [0.25, 0.3) is 5.91 Å². The summed E-state index contributed by atoms with van der Waals surface area (Å²) in [6.45, 7) is 6.11. The average Bonchev–Trinajstić information content (AvgIpc) is 2.25. The van der Waals surface area contributed by atoms with Gasteiger partial charge in [-0.15, -0.1) is 6.42 Å². The maximum atomic E-state index is 11.7. The van der Waals surface area contributed by atoms with E-state index in [1.165, 1.54) is 6.92 Å². The highest BCUT2D eigenvalue weighted by molar-refractivity contribution is 5.86. The second-order valence-corrected chi connectivity index (χ2v) is 4.92. The van der Waals surface area contributed by atoms with Crippen LogP contribution in [-0.2, 0) is 9.53 Å². The summed E-state index contributed by atoms with van der Waals surface area (Å²) in [7, 11) is 0. The number of alkyl carbamates (subject to hydrolysis) is 1. The van der Waals surface area contributed by atoms with E-state index in [1.807, 2.05) is 0 Å². The normalized spacial score (nSPS) is 11.8. The number of hydrazine groups is 1. The van der Waals surface area contributed by atoms with Gasteiger partial charge in [-0.1, -0.05) is 5.92 Å². The van der Waals surface area contributed by atoms with E-state index < -0.39 is 29.7 Å². The molecule has 8 heteroatoms. The number of terminal acetylenes is 1. The Labute approximate surface area is 117 Å². The van der Waals surface area contributed by atoms with Gasteiger partial charge in [-0.2, -0.15) is 0 Å². The van der Waals surface area contributed by atoms with Crippen LogP contribution in [0.3, 0.4) is 0 Å². The molecule has 0 aliphatic rings. The minimum absolute atomic E-state index is 0.305. The van der Waals surface area contributed by atoms with Gasteiger partial charge in [0.15, 0.2) is 0 Å². The van der Waals surface area contributed by atoms with Gasteiger partial charge in [-0.05, 0) is 27.7 Å². The molecule has 1 atom stereocenters. The highest BCUT2D eigenvalue weighted by Crippen LogP contribution is 2.06. The minimum Gasteiger partial charge on any atom is -0.464 e. The van der Waals surface area contributed by atoms with Gasteiger partial charge in [-0.3, -0.25) is 10.2 Å². The molecule has 0 radical (unpaired) electrons. The maximum Gasteiger partial charge on any atom is 0.427 e. The lowest BCUT2D eigenvalue weighted by Crippen LogP contribution is -2.53. The fraction of sp³-hybridized carbons (Fsp3) is 0.583. The molecule has 0 rings (SSSR count). The zero-order valence-corrected chi connectivity index (χ0v) is 11.9. The van der Waals surface area contributed by atoms with Crippen molar-refractivity contribution >= 4 is 18.1 Å². The molecule has 0 heterocycles. The summed E-state index contributed by atoms with van der Waals surface area (Å²) in [5.41, 5.74) is 1.37. The molecule has 3 amide bonds. The number of hydrogen-bond acceptors (Lipinski definition) is 4. The van der Waals surface area contributed by atoms with Crippen molar-refractivity contribution in [2.24, 2.45) is 0 Å². The Morgan fingerprint density at radius 3 is 2.35 bits per heavy atom. The summed E-state index contributed by atoms with van der Waals surface area (Å²) < 4.78 is 4.97. The Morgan fingerprint density at radius 1 is 1.40 bits per heavy atom. The van der Waals surface area contributed by atoms with Crippen LogP contribution in [0, 0.1) is 12.3 Å². The smallest absolute Gasteiger partial charge is 0.427 e. The van der Waals surface area contributed by atoms with Crippen molar-refractivity contribution in [2.45, 2.75) is 39.3 Å². The van der Waals surface area contributed by atoms with E-state index >= 15 is 0 Å². The Morgan fingerprint density at radius 2 is 1.95 bits per heavy atom. The third-order valence-corrected chi connectivity index (χ3v) is 1.85. The number of amides is 3. The number of carboxylic acid groups (broad SMARTS) is 1. The predicted octanol–water partition coefficient (Wildman–Crippen LogP) is 0.544. The maximum absolute atomic E-state index is 11.7. The molecule has 112 valence electrons. The van der Waals surface area contributed by atoms with Crippen LogP contribution in [0.15, 0.2) is 0 Å². The van der Waals surface area contributed by atoms with Crippen molar-refractivity contribution < 1.29 is 24.2 Å². The first-order valence-electron chi connectivity index (χ1n) is 5.80. The number of hydrogen-bond donors (Lipinski definition) is 3. The van der Waals surface area contributed by atoms with Crippen LogP contribution < -0.4 is 10.7 Å². The van der Waals surface area contributed by atoms with Crippen LogP contribution >= 0.6 is 0 Å². The number of nitrogens with one attached hydrogen (secondary N) is 2. The van der Waals surface area contributed by atoms with Crippen LogP contribution in [0.25, 0.3) is 0 Å². The molecule has 3 N–H and O–H groups in total. The molecule has 0 aromatic rings. The lowest BCUT2D eigenvalue weighted by molar-refractivity contribution is -0.126. The lowest BCUT2D eigenvalue weighted by atomic mass is 10.2. The fourth-order valence-electron chi connectivity index (χ4n) is 1.03. The van der Waals surface area contributed by atoms with Crippen molar-refractivity contribution in [1.82, 2.24) is 15.8 Å². The standard InChI is InChI=1S/C12H19N3O5/c1-6-7-15(11(18)19)14-9(16)8(2)13-10(17)20-12(3,4)5/h1,8H,7H2,2-5H3,(H,13,17)(H,14,16)(H,18,19)/t8-/m0/s1. The molecule has 0 aliphatic carbocycles. The first-order valence-corrected chi connectivity index (χ1v) is 5.80. The molecule has 0 fully saturated rings. The Balaban J connectivity index is 4.45. The van der Waals surface area contributed by atoms with E-state index in [0.29, 0.717) is 5.01 Å². The van der Waals surface area contributed by atoms with Gasteiger partial charge < -0.3 is 15.2 Å². The molecular weight excluding hydrogens is 266 g/mol. The molecule has 0 aliphatic heterocycles. The largest absolute Gasteiger partial charge is 0.464 e. The molecular formula is C12H19N3O5. The van der Waals surface area contributed by atoms with Crippen molar-refractivity contribution in [2.75, 3.05) is 6.54 Å². The number of nitrogens with zero attached hydrogens (tertiary/aromatic N) is 1. The van der Waals surface area contributed by atoms with Gasteiger partial charge in [0.1, 0.15) is 18.2 Å². The second kappa shape index (κ2) is 7.23.